The number of nitrogens with zero attached hydrogens (tertiary/aromatic N) is 2. The Bertz CT molecular complexity index is 683. The number of rotatable bonds is 6. The Hall–Kier alpha value is -2.13. The zero-order valence-corrected chi connectivity index (χ0v) is 14.9. The summed E-state index contributed by atoms with van der Waals surface area (Å²) in [6, 6.07) is 5.27. The first-order chi connectivity index (χ1) is 12.8. The van der Waals surface area contributed by atoms with Gasteiger partial charge >= 0.3 is 6.18 Å². The number of halogens is 3. The number of piperazine rings is 1. The van der Waals surface area contributed by atoms with Crippen LogP contribution < -0.4 is 10.6 Å². The van der Waals surface area contributed by atoms with Crippen molar-refractivity contribution >= 4 is 17.5 Å². The fraction of sp³-hybridized carbons (Fsp3) is 0.556. The Balaban J connectivity index is 1.44. The minimum absolute atomic E-state index is 0.0208. The molecule has 1 saturated carbocycles. The van der Waals surface area contributed by atoms with Gasteiger partial charge in [0, 0.05) is 32.2 Å². The zero-order valence-electron chi connectivity index (χ0n) is 14.9. The van der Waals surface area contributed by atoms with Crippen molar-refractivity contribution < 1.29 is 22.8 Å². The molecular weight excluding hydrogens is 361 g/mol. The van der Waals surface area contributed by atoms with Gasteiger partial charge in [-0.2, -0.15) is 13.2 Å². The Morgan fingerprint density at radius 3 is 2.07 bits per heavy atom. The van der Waals surface area contributed by atoms with Gasteiger partial charge in [0.15, 0.2) is 0 Å². The number of nitrogens with one attached hydrogen (secondary N) is 2. The summed E-state index contributed by atoms with van der Waals surface area (Å²) < 4.78 is 39.0. The number of amides is 2. The number of hydrogen-bond donors (Lipinski definition) is 2. The number of hydrogen-bond acceptors (Lipinski definition) is 4. The van der Waals surface area contributed by atoms with Crippen LogP contribution in [0.1, 0.15) is 18.4 Å². The summed E-state index contributed by atoms with van der Waals surface area (Å²) in [6.45, 7) is 2.83. The van der Waals surface area contributed by atoms with E-state index in [1.165, 1.54) is 18.2 Å². The highest BCUT2D eigenvalue weighted by Crippen LogP contribution is 2.34. The Labute approximate surface area is 155 Å². The van der Waals surface area contributed by atoms with Crippen LogP contribution in [0.15, 0.2) is 24.3 Å². The lowest BCUT2D eigenvalue weighted by molar-refractivity contribution is -0.137. The molecule has 0 radical (unpaired) electrons. The molecule has 1 heterocycles. The average Bonchev–Trinajstić information content (AvgIpc) is 3.40. The van der Waals surface area contributed by atoms with Crippen LogP contribution in [-0.4, -0.2) is 66.9 Å². The van der Waals surface area contributed by atoms with Crippen LogP contribution in [0.5, 0.6) is 0 Å². The normalized spacial score (nSPS) is 18.9. The van der Waals surface area contributed by atoms with Crippen molar-refractivity contribution in [1.29, 1.82) is 0 Å². The van der Waals surface area contributed by atoms with Crippen molar-refractivity contribution in [2.75, 3.05) is 44.6 Å². The van der Waals surface area contributed by atoms with Gasteiger partial charge in [0.05, 0.1) is 24.3 Å². The summed E-state index contributed by atoms with van der Waals surface area (Å²) in [5.41, 5.74) is -1.09. The lowest BCUT2D eigenvalue weighted by Crippen LogP contribution is -2.51. The number of anilines is 1. The van der Waals surface area contributed by atoms with Crippen LogP contribution in [0.25, 0.3) is 0 Å². The van der Waals surface area contributed by atoms with Gasteiger partial charge in [0.25, 0.3) is 0 Å². The van der Waals surface area contributed by atoms with Crippen molar-refractivity contribution in [3.8, 4) is 0 Å². The summed E-state index contributed by atoms with van der Waals surface area (Å²) in [6.07, 6.45) is -2.42. The molecule has 0 atom stereocenters. The topological polar surface area (TPSA) is 64.7 Å². The quantitative estimate of drug-likeness (QED) is 0.781. The third-order valence-electron chi connectivity index (χ3n) is 4.65. The lowest BCUT2D eigenvalue weighted by atomic mass is 10.1. The van der Waals surface area contributed by atoms with Crippen LogP contribution in [0.2, 0.25) is 0 Å². The van der Waals surface area contributed by atoms with Gasteiger partial charge in [-0.3, -0.25) is 19.4 Å². The largest absolute Gasteiger partial charge is 0.418 e. The molecule has 3 rings (SSSR count). The van der Waals surface area contributed by atoms with E-state index in [4.69, 9.17) is 0 Å². The molecule has 1 aliphatic carbocycles. The van der Waals surface area contributed by atoms with Crippen molar-refractivity contribution in [2.45, 2.75) is 25.1 Å². The highest BCUT2D eigenvalue weighted by atomic mass is 19.4. The average molecular weight is 384 g/mol. The first-order valence-electron chi connectivity index (χ1n) is 9.01. The molecule has 0 unspecified atom stereocenters. The minimum atomic E-state index is -4.52. The molecule has 1 saturated heterocycles. The fourth-order valence-corrected chi connectivity index (χ4v) is 3.04. The molecule has 2 amide bonds. The highest BCUT2D eigenvalue weighted by Gasteiger charge is 2.33. The number of alkyl halides is 3. The van der Waals surface area contributed by atoms with Gasteiger partial charge in [-0.15, -0.1) is 0 Å². The second-order valence-corrected chi connectivity index (χ2v) is 6.99. The summed E-state index contributed by atoms with van der Waals surface area (Å²) in [7, 11) is 0. The van der Waals surface area contributed by atoms with E-state index in [2.05, 4.69) is 10.6 Å². The predicted molar refractivity (Wildman–Crippen MR) is 94.1 cm³/mol. The van der Waals surface area contributed by atoms with E-state index in [1.807, 2.05) is 9.80 Å². The van der Waals surface area contributed by atoms with Crippen LogP contribution in [0.3, 0.4) is 0 Å². The van der Waals surface area contributed by atoms with Crippen molar-refractivity contribution in [2.24, 2.45) is 0 Å². The highest BCUT2D eigenvalue weighted by molar-refractivity contribution is 5.93. The third kappa shape index (κ3) is 5.93. The molecular formula is C18H23F3N4O2. The third-order valence-corrected chi connectivity index (χ3v) is 4.65. The second-order valence-electron chi connectivity index (χ2n) is 6.99. The van der Waals surface area contributed by atoms with Gasteiger partial charge in [-0.05, 0) is 25.0 Å². The van der Waals surface area contributed by atoms with Gasteiger partial charge in [-0.25, -0.2) is 0 Å². The molecule has 1 aliphatic heterocycles. The van der Waals surface area contributed by atoms with Crippen molar-refractivity contribution in [3.63, 3.8) is 0 Å². The van der Waals surface area contributed by atoms with E-state index < -0.39 is 17.6 Å². The Morgan fingerprint density at radius 2 is 1.52 bits per heavy atom. The van der Waals surface area contributed by atoms with Gasteiger partial charge in [0.1, 0.15) is 0 Å². The van der Waals surface area contributed by atoms with Gasteiger partial charge in [-0.1, -0.05) is 12.1 Å². The Morgan fingerprint density at radius 1 is 0.963 bits per heavy atom. The zero-order chi connectivity index (χ0) is 19.4. The number of carbonyl (C=O) groups excluding carboxylic acids is 2. The number of para-hydroxylation sites is 1. The molecule has 2 fully saturated rings. The second kappa shape index (κ2) is 8.26. The maximum atomic E-state index is 13.0. The fourth-order valence-electron chi connectivity index (χ4n) is 3.04. The molecule has 2 N–H and O–H groups in total. The number of carbonyl (C=O) groups is 2. The van der Waals surface area contributed by atoms with Crippen molar-refractivity contribution in [1.82, 2.24) is 15.1 Å². The molecule has 0 spiro atoms. The van der Waals surface area contributed by atoms with E-state index in [0.717, 1.165) is 18.9 Å². The summed E-state index contributed by atoms with van der Waals surface area (Å²) in [5.74, 6) is -0.459. The van der Waals surface area contributed by atoms with Crippen LogP contribution in [-0.2, 0) is 15.8 Å². The standard InChI is InChI=1S/C18H23F3N4O2/c19-18(20,21)14-3-1-2-4-15(14)23-17(27)12-25-9-7-24(8-10-25)11-16(26)22-13-5-6-13/h1-4,13H,5-12H2,(H,22,26)(H,23,27). The molecule has 1 aromatic rings. The molecule has 1 aromatic carbocycles. The molecule has 148 valence electrons. The predicted octanol–water partition coefficient (Wildman–Crippen LogP) is 1.54. The van der Waals surface area contributed by atoms with E-state index in [0.29, 0.717) is 38.8 Å². The summed E-state index contributed by atoms with van der Waals surface area (Å²) in [4.78, 5) is 27.9. The smallest absolute Gasteiger partial charge is 0.352 e. The first-order valence-corrected chi connectivity index (χ1v) is 9.01. The molecule has 6 nitrogen and oxygen atoms in total. The minimum Gasteiger partial charge on any atom is -0.352 e. The molecule has 27 heavy (non-hydrogen) atoms. The van der Waals surface area contributed by atoms with E-state index in [9.17, 15) is 22.8 Å². The lowest BCUT2D eigenvalue weighted by Gasteiger charge is -2.33. The van der Waals surface area contributed by atoms with Crippen LogP contribution in [0.4, 0.5) is 18.9 Å². The maximum absolute atomic E-state index is 13.0. The van der Waals surface area contributed by atoms with E-state index >= 15 is 0 Å². The molecule has 9 heteroatoms. The monoisotopic (exact) mass is 384 g/mol. The first kappa shape index (κ1) is 19.6. The molecule has 0 aromatic heterocycles. The van der Waals surface area contributed by atoms with Gasteiger partial charge < -0.3 is 10.6 Å². The van der Waals surface area contributed by atoms with Crippen LogP contribution >= 0.6 is 0 Å². The SMILES string of the molecule is O=C(CN1CCN(CC(=O)NC2CC2)CC1)Nc1ccccc1C(F)(F)F. The van der Waals surface area contributed by atoms with E-state index in [-0.39, 0.29) is 18.1 Å². The van der Waals surface area contributed by atoms with Crippen LogP contribution in [0, 0.1) is 0 Å². The summed E-state index contributed by atoms with van der Waals surface area (Å²) >= 11 is 0. The van der Waals surface area contributed by atoms with E-state index in [1.54, 1.807) is 0 Å². The molecule has 0 bridgehead atoms. The number of benzene rings is 1. The summed E-state index contributed by atoms with van der Waals surface area (Å²) in [5, 5.41) is 5.30. The van der Waals surface area contributed by atoms with Gasteiger partial charge in [0.2, 0.25) is 11.8 Å². The Kier molecular flexibility index (Phi) is 6.01. The molecule has 2 aliphatic rings. The maximum Gasteiger partial charge on any atom is 0.418 e. The van der Waals surface area contributed by atoms with Crippen molar-refractivity contribution in [3.05, 3.63) is 29.8 Å².